The van der Waals surface area contributed by atoms with E-state index in [1.807, 2.05) is 0 Å². The second kappa shape index (κ2) is 6.38. The molecule has 0 aromatic heterocycles. The first-order valence-electron chi connectivity index (χ1n) is 6.64. The van der Waals surface area contributed by atoms with Gasteiger partial charge in [-0.25, -0.2) is 0 Å². The average molecular weight is 260 g/mol. The number of benzene rings is 1. The van der Waals surface area contributed by atoms with Crippen molar-refractivity contribution in [1.82, 2.24) is 10.6 Å². The SMILES string of the molecule is Cc1cccc(C(=O)NCCC2=CCNCC2)c1O. The maximum atomic E-state index is 12.0. The first-order valence-corrected chi connectivity index (χ1v) is 6.64. The quantitative estimate of drug-likeness (QED) is 0.723. The lowest BCUT2D eigenvalue weighted by Gasteiger charge is -2.14. The van der Waals surface area contributed by atoms with Gasteiger partial charge in [-0.05, 0) is 37.9 Å². The first-order chi connectivity index (χ1) is 9.18. The summed E-state index contributed by atoms with van der Waals surface area (Å²) in [5, 5.41) is 15.9. The number of rotatable bonds is 4. The van der Waals surface area contributed by atoms with Gasteiger partial charge in [0.05, 0.1) is 5.56 Å². The predicted octanol–water partition coefficient (Wildman–Crippen LogP) is 1.74. The lowest BCUT2D eigenvalue weighted by atomic mass is 10.1. The van der Waals surface area contributed by atoms with Crippen LogP contribution in [-0.4, -0.2) is 30.6 Å². The van der Waals surface area contributed by atoms with Crippen LogP contribution in [0.4, 0.5) is 0 Å². The molecule has 1 aromatic carbocycles. The minimum atomic E-state index is -0.212. The molecule has 2 rings (SSSR count). The summed E-state index contributed by atoms with van der Waals surface area (Å²) in [5.74, 6) is -0.142. The molecule has 0 bridgehead atoms. The minimum absolute atomic E-state index is 0.0704. The third-order valence-corrected chi connectivity index (χ3v) is 3.37. The summed E-state index contributed by atoms with van der Waals surface area (Å²) in [6.07, 6.45) is 4.10. The van der Waals surface area contributed by atoms with Gasteiger partial charge in [0, 0.05) is 13.1 Å². The van der Waals surface area contributed by atoms with Gasteiger partial charge >= 0.3 is 0 Å². The lowest BCUT2D eigenvalue weighted by Crippen LogP contribution is -2.26. The van der Waals surface area contributed by atoms with Gasteiger partial charge in [0.15, 0.2) is 0 Å². The number of amides is 1. The molecule has 0 fully saturated rings. The van der Waals surface area contributed by atoms with Gasteiger partial charge in [0.2, 0.25) is 0 Å². The number of hydrogen-bond donors (Lipinski definition) is 3. The number of hydrogen-bond acceptors (Lipinski definition) is 3. The highest BCUT2D eigenvalue weighted by molar-refractivity contribution is 5.97. The fourth-order valence-corrected chi connectivity index (χ4v) is 2.17. The van der Waals surface area contributed by atoms with Gasteiger partial charge in [-0.3, -0.25) is 4.79 Å². The van der Waals surface area contributed by atoms with Crippen LogP contribution in [0.25, 0.3) is 0 Å². The van der Waals surface area contributed by atoms with Crippen LogP contribution >= 0.6 is 0 Å². The van der Waals surface area contributed by atoms with E-state index in [4.69, 9.17) is 0 Å². The van der Waals surface area contributed by atoms with Gasteiger partial charge in [-0.2, -0.15) is 0 Å². The predicted molar refractivity (Wildman–Crippen MR) is 75.4 cm³/mol. The summed E-state index contributed by atoms with van der Waals surface area (Å²) >= 11 is 0. The van der Waals surface area contributed by atoms with Crippen LogP contribution in [0.2, 0.25) is 0 Å². The van der Waals surface area contributed by atoms with Crippen molar-refractivity contribution >= 4 is 5.91 Å². The topological polar surface area (TPSA) is 61.4 Å². The number of phenols is 1. The third kappa shape index (κ3) is 3.58. The summed E-state index contributed by atoms with van der Waals surface area (Å²) in [5.41, 5.74) is 2.44. The summed E-state index contributed by atoms with van der Waals surface area (Å²) in [4.78, 5) is 12.0. The molecule has 4 heteroatoms. The second-order valence-corrected chi connectivity index (χ2v) is 4.79. The summed E-state index contributed by atoms with van der Waals surface area (Å²) < 4.78 is 0. The highest BCUT2D eigenvalue weighted by Crippen LogP contribution is 2.21. The molecular weight excluding hydrogens is 240 g/mol. The molecule has 0 aliphatic carbocycles. The Balaban J connectivity index is 1.87. The monoisotopic (exact) mass is 260 g/mol. The zero-order valence-electron chi connectivity index (χ0n) is 11.2. The molecule has 0 saturated heterocycles. The first kappa shape index (κ1) is 13.6. The largest absolute Gasteiger partial charge is 0.507 e. The molecule has 4 nitrogen and oxygen atoms in total. The smallest absolute Gasteiger partial charge is 0.255 e. The van der Waals surface area contributed by atoms with Crippen molar-refractivity contribution in [2.24, 2.45) is 0 Å². The Bertz CT molecular complexity index is 495. The van der Waals surface area contributed by atoms with Crippen LogP contribution in [0.3, 0.4) is 0 Å². The third-order valence-electron chi connectivity index (χ3n) is 3.37. The van der Waals surface area contributed by atoms with E-state index in [1.54, 1.807) is 25.1 Å². The number of aryl methyl sites for hydroxylation is 1. The van der Waals surface area contributed by atoms with Crippen LogP contribution in [0, 0.1) is 6.92 Å². The standard InChI is InChI=1S/C15H20N2O2/c1-11-3-2-4-13(14(11)18)15(19)17-10-7-12-5-8-16-9-6-12/h2-5,16,18H,6-10H2,1H3,(H,17,19). The van der Waals surface area contributed by atoms with Crippen molar-refractivity contribution in [1.29, 1.82) is 0 Å². The van der Waals surface area contributed by atoms with E-state index >= 15 is 0 Å². The van der Waals surface area contributed by atoms with Gasteiger partial charge in [-0.15, -0.1) is 0 Å². The van der Waals surface area contributed by atoms with E-state index in [1.165, 1.54) is 5.57 Å². The molecule has 0 radical (unpaired) electrons. The van der Waals surface area contributed by atoms with Crippen LogP contribution in [-0.2, 0) is 0 Å². The number of nitrogens with one attached hydrogen (secondary N) is 2. The highest BCUT2D eigenvalue weighted by Gasteiger charge is 2.12. The number of carbonyl (C=O) groups excluding carboxylic acids is 1. The molecular formula is C15H20N2O2. The minimum Gasteiger partial charge on any atom is -0.507 e. The molecule has 1 aromatic rings. The van der Waals surface area contributed by atoms with Crippen molar-refractivity contribution in [2.45, 2.75) is 19.8 Å². The summed E-state index contributed by atoms with van der Waals surface area (Å²) in [7, 11) is 0. The molecule has 0 spiro atoms. The van der Waals surface area contributed by atoms with E-state index in [-0.39, 0.29) is 11.7 Å². The number of aromatic hydroxyl groups is 1. The van der Waals surface area contributed by atoms with Gasteiger partial charge in [0.1, 0.15) is 5.75 Å². The van der Waals surface area contributed by atoms with Gasteiger partial charge < -0.3 is 15.7 Å². The van der Waals surface area contributed by atoms with Crippen LogP contribution in [0.15, 0.2) is 29.8 Å². The number of phenolic OH excluding ortho intramolecular Hbond substituents is 1. The van der Waals surface area contributed by atoms with Gasteiger partial charge in [-0.1, -0.05) is 23.8 Å². The molecule has 0 atom stereocenters. The Morgan fingerprint density at radius 1 is 1.47 bits per heavy atom. The zero-order chi connectivity index (χ0) is 13.7. The zero-order valence-corrected chi connectivity index (χ0v) is 11.2. The molecule has 3 N–H and O–H groups in total. The van der Waals surface area contributed by atoms with E-state index in [9.17, 15) is 9.90 Å². The van der Waals surface area contributed by atoms with Crippen molar-refractivity contribution < 1.29 is 9.90 Å². The molecule has 1 amide bonds. The molecule has 102 valence electrons. The fourth-order valence-electron chi connectivity index (χ4n) is 2.17. The van der Waals surface area contributed by atoms with Crippen LogP contribution in [0.5, 0.6) is 5.75 Å². The van der Waals surface area contributed by atoms with Crippen molar-refractivity contribution in [2.75, 3.05) is 19.6 Å². The summed E-state index contributed by atoms with van der Waals surface area (Å²) in [6, 6.07) is 5.20. The van der Waals surface area contributed by atoms with Crippen molar-refractivity contribution in [3.05, 3.63) is 41.0 Å². The van der Waals surface area contributed by atoms with Crippen LogP contribution in [0.1, 0.15) is 28.8 Å². The van der Waals surface area contributed by atoms with E-state index < -0.39 is 0 Å². The Hall–Kier alpha value is -1.81. The molecule has 1 heterocycles. The molecule has 19 heavy (non-hydrogen) atoms. The second-order valence-electron chi connectivity index (χ2n) is 4.79. The van der Waals surface area contributed by atoms with E-state index in [2.05, 4.69) is 16.7 Å². The molecule has 1 aliphatic rings. The Labute approximate surface area is 113 Å². The Morgan fingerprint density at radius 2 is 2.32 bits per heavy atom. The normalized spacial score (nSPS) is 14.9. The maximum Gasteiger partial charge on any atom is 0.255 e. The Kier molecular flexibility index (Phi) is 4.58. The lowest BCUT2D eigenvalue weighted by molar-refractivity contribution is 0.0951. The van der Waals surface area contributed by atoms with Crippen LogP contribution < -0.4 is 10.6 Å². The van der Waals surface area contributed by atoms with E-state index in [0.29, 0.717) is 17.7 Å². The molecule has 0 saturated carbocycles. The highest BCUT2D eigenvalue weighted by atomic mass is 16.3. The molecule has 1 aliphatic heterocycles. The van der Waals surface area contributed by atoms with Crippen molar-refractivity contribution in [3.8, 4) is 5.75 Å². The average Bonchev–Trinajstić information content (AvgIpc) is 2.43. The summed E-state index contributed by atoms with van der Waals surface area (Å²) in [6.45, 7) is 4.32. The maximum absolute atomic E-state index is 12.0. The fraction of sp³-hybridized carbons (Fsp3) is 0.400. The van der Waals surface area contributed by atoms with E-state index in [0.717, 1.165) is 25.9 Å². The Morgan fingerprint density at radius 3 is 3.05 bits per heavy atom. The van der Waals surface area contributed by atoms with Crippen molar-refractivity contribution in [3.63, 3.8) is 0 Å². The number of carbonyl (C=O) groups is 1. The number of para-hydroxylation sites is 1. The van der Waals surface area contributed by atoms with Gasteiger partial charge in [0.25, 0.3) is 5.91 Å². The molecule has 0 unspecified atom stereocenters.